The molecule has 0 unspecified atom stereocenters. The van der Waals surface area contributed by atoms with Crippen LogP contribution in [0.4, 0.5) is 4.39 Å². The van der Waals surface area contributed by atoms with E-state index in [1.807, 2.05) is 36.4 Å². The maximum atomic E-state index is 13.5. The zero-order valence-electron chi connectivity index (χ0n) is 21.0. The summed E-state index contributed by atoms with van der Waals surface area (Å²) < 4.78 is 40.7. The molecule has 0 bridgehead atoms. The Kier molecular flexibility index (Phi) is 9.11. The molecule has 0 saturated carbocycles. The van der Waals surface area contributed by atoms with E-state index in [1.165, 1.54) is 24.3 Å². The molecule has 6 nitrogen and oxygen atoms in total. The Morgan fingerprint density at radius 1 is 0.778 bits per heavy atom. The molecule has 0 N–H and O–H groups in total. The van der Waals surface area contributed by atoms with Crippen molar-refractivity contribution in [3.05, 3.63) is 88.8 Å². The van der Waals surface area contributed by atoms with E-state index in [9.17, 15) is 9.18 Å². The monoisotopic (exact) mass is 492 g/mol. The van der Waals surface area contributed by atoms with E-state index in [1.54, 1.807) is 47.7 Å². The van der Waals surface area contributed by atoms with E-state index in [0.29, 0.717) is 40.7 Å². The van der Waals surface area contributed by atoms with Crippen molar-refractivity contribution in [1.29, 1.82) is 0 Å². The molecule has 7 heteroatoms. The molecular weight excluding hydrogens is 463 g/mol. The zero-order valence-corrected chi connectivity index (χ0v) is 21.0. The van der Waals surface area contributed by atoms with Gasteiger partial charge in [-0.3, -0.25) is 4.79 Å². The van der Waals surface area contributed by atoms with Gasteiger partial charge in [0.1, 0.15) is 5.82 Å². The van der Waals surface area contributed by atoms with Crippen molar-refractivity contribution in [2.45, 2.75) is 6.42 Å². The fraction of sp³-hybridized carbons (Fsp3) is 0.207. The van der Waals surface area contributed by atoms with Crippen molar-refractivity contribution in [3.63, 3.8) is 0 Å². The highest BCUT2D eigenvalue weighted by Gasteiger charge is 2.13. The molecule has 3 aromatic rings. The summed E-state index contributed by atoms with van der Waals surface area (Å²) in [5.41, 5.74) is 2.90. The van der Waals surface area contributed by atoms with Gasteiger partial charge < -0.3 is 23.7 Å². The van der Waals surface area contributed by atoms with Gasteiger partial charge in [-0.1, -0.05) is 30.4 Å². The number of ketones is 1. The molecule has 188 valence electrons. The standard InChI is InChI=1S/C29H29FO6/c1-32-25-17-20(8-7-11-24(31)22-9-6-10-23(30)16-22)21(18-26(25)33-2)13-12-19-14-27(34-3)29(36-5)28(15-19)35-4/h6-7,9-18H,8H2,1-5H3/b11-7-,13-12-. The number of allylic oxidation sites excluding steroid dienone is 2. The van der Waals surface area contributed by atoms with Crippen LogP contribution in [0.1, 0.15) is 27.0 Å². The first-order chi connectivity index (χ1) is 17.4. The molecule has 0 aliphatic carbocycles. The predicted molar refractivity (Wildman–Crippen MR) is 138 cm³/mol. The van der Waals surface area contributed by atoms with Crippen LogP contribution in [-0.2, 0) is 6.42 Å². The third kappa shape index (κ3) is 6.24. The van der Waals surface area contributed by atoms with Gasteiger partial charge in [0.25, 0.3) is 0 Å². The quantitative estimate of drug-likeness (QED) is 0.185. The number of carbonyl (C=O) groups excluding carboxylic acids is 1. The Hall–Kier alpha value is -4.26. The summed E-state index contributed by atoms with van der Waals surface area (Å²) in [4.78, 5) is 12.4. The molecule has 0 radical (unpaired) electrons. The molecule has 3 aromatic carbocycles. The van der Waals surface area contributed by atoms with Gasteiger partial charge >= 0.3 is 0 Å². The highest BCUT2D eigenvalue weighted by atomic mass is 19.1. The van der Waals surface area contributed by atoms with E-state index in [4.69, 9.17) is 23.7 Å². The minimum absolute atomic E-state index is 0.274. The molecule has 0 saturated heterocycles. The van der Waals surface area contributed by atoms with Crippen molar-refractivity contribution in [2.75, 3.05) is 35.5 Å². The first kappa shape index (κ1) is 26.3. The molecule has 0 aliphatic rings. The van der Waals surface area contributed by atoms with Gasteiger partial charge in [-0.05, 0) is 65.6 Å². The Morgan fingerprint density at radius 3 is 2.00 bits per heavy atom. The first-order valence-corrected chi connectivity index (χ1v) is 11.1. The number of ether oxygens (including phenoxy) is 5. The minimum atomic E-state index is -0.451. The summed E-state index contributed by atoms with van der Waals surface area (Å²) in [5, 5.41) is 0. The van der Waals surface area contributed by atoms with E-state index >= 15 is 0 Å². The van der Waals surface area contributed by atoms with Crippen molar-refractivity contribution < 1.29 is 32.9 Å². The van der Waals surface area contributed by atoms with Crippen molar-refractivity contribution in [2.24, 2.45) is 0 Å². The van der Waals surface area contributed by atoms with E-state index < -0.39 is 5.82 Å². The van der Waals surface area contributed by atoms with Crippen LogP contribution in [0.5, 0.6) is 28.7 Å². The minimum Gasteiger partial charge on any atom is -0.493 e. The van der Waals surface area contributed by atoms with Gasteiger partial charge in [0.05, 0.1) is 35.5 Å². The fourth-order valence-electron chi connectivity index (χ4n) is 3.68. The van der Waals surface area contributed by atoms with Crippen LogP contribution in [0, 0.1) is 5.82 Å². The average molecular weight is 493 g/mol. The van der Waals surface area contributed by atoms with Gasteiger partial charge in [0.15, 0.2) is 28.8 Å². The predicted octanol–water partition coefficient (Wildman–Crippen LogP) is 6.02. The summed E-state index contributed by atoms with van der Waals surface area (Å²) in [6.45, 7) is 0. The second kappa shape index (κ2) is 12.4. The molecule has 0 atom stereocenters. The highest BCUT2D eigenvalue weighted by molar-refractivity contribution is 6.04. The summed E-state index contributed by atoms with van der Waals surface area (Å²) >= 11 is 0. The normalized spacial score (nSPS) is 11.1. The lowest BCUT2D eigenvalue weighted by molar-refractivity contribution is 0.104. The van der Waals surface area contributed by atoms with Gasteiger partial charge in [-0.25, -0.2) is 4.39 Å². The lowest BCUT2D eigenvalue weighted by Crippen LogP contribution is -1.97. The molecule has 0 amide bonds. The van der Waals surface area contributed by atoms with E-state index in [-0.39, 0.29) is 5.78 Å². The number of benzene rings is 3. The maximum absolute atomic E-state index is 13.5. The van der Waals surface area contributed by atoms with Crippen molar-refractivity contribution in [3.8, 4) is 28.7 Å². The van der Waals surface area contributed by atoms with Crippen molar-refractivity contribution in [1.82, 2.24) is 0 Å². The topological polar surface area (TPSA) is 63.2 Å². The summed E-state index contributed by atoms with van der Waals surface area (Å²) in [7, 11) is 7.82. The summed E-state index contributed by atoms with van der Waals surface area (Å²) in [6.07, 6.45) is 7.47. The smallest absolute Gasteiger partial charge is 0.203 e. The lowest BCUT2D eigenvalue weighted by atomic mass is 10.0. The van der Waals surface area contributed by atoms with Gasteiger partial charge in [0.2, 0.25) is 5.75 Å². The highest BCUT2D eigenvalue weighted by Crippen LogP contribution is 2.39. The number of rotatable bonds is 11. The number of methoxy groups -OCH3 is 5. The summed E-state index contributed by atoms with van der Waals surface area (Å²) in [6, 6.07) is 13.0. The number of hydrogen-bond acceptors (Lipinski definition) is 6. The van der Waals surface area contributed by atoms with Gasteiger partial charge in [-0.2, -0.15) is 0 Å². The fourth-order valence-corrected chi connectivity index (χ4v) is 3.68. The number of hydrogen-bond donors (Lipinski definition) is 0. The molecule has 36 heavy (non-hydrogen) atoms. The van der Waals surface area contributed by atoms with Crippen molar-refractivity contribution >= 4 is 17.9 Å². The van der Waals surface area contributed by atoms with Crippen LogP contribution in [0.15, 0.2) is 60.7 Å². The molecule has 3 rings (SSSR count). The number of carbonyl (C=O) groups is 1. The van der Waals surface area contributed by atoms with Gasteiger partial charge in [0, 0.05) is 5.56 Å². The number of halogens is 1. The van der Waals surface area contributed by atoms with Crippen LogP contribution < -0.4 is 23.7 Å². The Balaban J connectivity index is 1.94. The second-order valence-corrected chi connectivity index (χ2v) is 7.68. The SMILES string of the molecule is COc1cc(/C=C\c2cc(OC)c(OC)c(OC)c2)c(C/C=C\C(=O)c2cccc(F)c2)cc1OC. The van der Waals surface area contributed by atoms with Crippen LogP contribution in [0.3, 0.4) is 0 Å². The Morgan fingerprint density at radius 2 is 1.42 bits per heavy atom. The maximum Gasteiger partial charge on any atom is 0.203 e. The molecule has 0 spiro atoms. The van der Waals surface area contributed by atoms with Crippen LogP contribution in [0.2, 0.25) is 0 Å². The Bertz CT molecular complexity index is 1250. The van der Waals surface area contributed by atoms with Crippen LogP contribution in [0.25, 0.3) is 12.2 Å². The average Bonchev–Trinajstić information content (AvgIpc) is 2.90. The van der Waals surface area contributed by atoms with Crippen LogP contribution >= 0.6 is 0 Å². The third-order valence-electron chi connectivity index (χ3n) is 5.50. The lowest BCUT2D eigenvalue weighted by Gasteiger charge is -2.14. The Labute approximate surface area is 210 Å². The first-order valence-electron chi connectivity index (χ1n) is 11.1. The molecular formula is C29H29FO6. The van der Waals surface area contributed by atoms with Crippen LogP contribution in [-0.4, -0.2) is 41.3 Å². The molecule has 0 heterocycles. The largest absolute Gasteiger partial charge is 0.493 e. The van der Waals surface area contributed by atoms with E-state index in [0.717, 1.165) is 16.7 Å². The second-order valence-electron chi connectivity index (χ2n) is 7.68. The molecule has 0 fully saturated rings. The molecule has 0 aliphatic heterocycles. The zero-order chi connectivity index (χ0) is 26.1. The van der Waals surface area contributed by atoms with E-state index in [2.05, 4.69) is 0 Å². The summed E-state index contributed by atoms with van der Waals surface area (Å²) in [5.74, 6) is 2.02. The molecule has 0 aromatic heterocycles. The third-order valence-corrected chi connectivity index (χ3v) is 5.50. The van der Waals surface area contributed by atoms with Gasteiger partial charge in [-0.15, -0.1) is 0 Å².